The average Bonchev–Trinajstić information content (AvgIpc) is 2.21. The van der Waals surface area contributed by atoms with E-state index in [1.54, 1.807) is 0 Å². The second-order valence-electron chi connectivity index (χ2n) is 3.90. The smallest absolute Gasteiger partial charge is 0.156 e. The van der Waals surface area contributed by atoms with Gasteiger partial charge in [0, 0.05) is 18.3 Å². The molecule has 1 heterocycles. The fraction of sp³-hybridized carbons (Fsp3) is 0.909. The van der Waals surface area contributed by atoms with Crippen LogP contribution in [0.25, 0.3) is 0 Å². The van der Waals surface area contributed by atoms with Crippen molar-refractivity contribution in [2.75, 3.05) is 12.3 Å². The van der Waals surface area contributed by atoms with E-state index in [2.05, 4.69) is 31.1 Å². The molecule has 0 aromatic heterocycles. The molecular formula is C11H22N2S. The molecule has 14 heavy (non-hydrogen) atoms. The summed E-state index contributed by atoms with van der Waals surface area (Å²) in [6.45, 7) is 7.81. The van der Waals surface area contributed by atoms with Gasteiger partial charge in [-0.05, 0) is 19.3 Å². The Labute approximate surface area is 92.0 Å². The lowest BCUT2D eigenvalue weighted by Crippen LogP contribution is -2.37. The Bertz CT molecular complexity index is 188. The first-order chi connectivity index (χ1) is 6.77. The fourth-order valence-electron chi connectivity index (χ4n) is 1.86. The van der Waals surface area contributed by atoms with Gasteiger partial charge in [-0.2, -0.15) is 0 Å². The zero-order valence-corrected chi connectivity index (χ0v) is 10.4. The summed E-state index contributed by atoms with van der Waals surface area (Å²) in [6.07, 6.45) is 3.74. The van der Waals surface area contributed by atoms with Crippen molar-refractivity contribution in [2.24, 2.45) is 10.9 Å². The first-order valence-electron chi connectivity index (χ1n) is 5.71. The third-order valence-corrected chi connectivity index (χ3v) is 3.92. The van der Waals surface area contributed by atoms with Crippen LogP contribution in [0.5, 0.6) is 0 Å². The van der Waals surface area contributed by atoms with Gasteiger partial charge in [0.1, 0.15) is 0 Å². The third-order valence-electron chi connectivity index (χ3n) is 2.90. The van der Waals surface area contributed by atoms with Gasteiger partial charge in [-0.1, -0.05) is 38.5 Å². The highest BCUT2D eigenvalue weighted by Crippen LogP contribution is 2.16. The molecule has 1 rings (SSSR count). The van der Waals surface area contributed by atoms with Crippen molar-refractivity contribution in [3.8, 4) is 0 Å². The summed E-state index contributed by atoms with van der Waals surface area (Å²) in [7, 11) is 0. The van der Waals surface area contributed by atoms with Crippen molar-refractivity contribution >= 4 is 16.9 Å². The highest BCUT2D eigenvalue weighted by Gasteiger charge is 2.15. The van der Waals surface area contributed by atoms with Crippen LogP contribution >= 0.6 is 11.8 Å². The predicted octanol–water partition coefficient (Wildman–Crippen LogP) is 2.89. The minimum Gasteiger partial charge on any atom is -0.362 e. The van der Waals surface area contributed by atoms with E-state index in [1.807, 2.05) is 11.8 Å². The monoisotopic (exact) mass is 214 g/mol. The molecule has 0 aromatic rings. The zero-order valence-electron chi connectivity index (χ0n) is 9.55. The largest absolute Gasteiger partial charge is 0.362 e. The molecule has 0 saturated heterocycles. The van der Waals surface area contributed by atoms with Crippen molar-refractivity contribution in [2.45, 2.75) is 46.1 Å². The summed E-state index contributed by atoms with van der Waals surface area (Å²) in [6, 6.07) is 0.564. The van der Waals surface area contributed by atoms with Gasteiger partial charge in [0.05, 0.1) is 0 Å². The second-order valence-corrected chi connectivity index (χ2v) is 4.98. The zero-order chi connectivity index (χ0) is 10.4. The maximum Gasteiger partial charge on any atom is 0.156 e. The molecule has 82 valence electrons. The highest BCUT2D eigenvalue weighted by molar-refractivity contribution is 8.13. The molecule has 0 bridgehead atoms. The molecule has 2 nitrogen and oxygen atoms in total. The van der Waals surface area contributed by atoms with Crippen molar-refractivity contribution in [1.82, 2.24) is 5.32 Å². The topological polar surface area (TPSA) is 24.4 Å². The van der Waals surface area contributed by atoms with E-state index >= 15 is 0 Å². The Balaban J connectivity index is 2.38. The number of nitrogens with one attached hydrogen (secondary N) is 1. The van der Waals surface area contributed by atoms with E-state index < -0.39 is 0 Å². The third kappa shape index (κ3) is 3.52. The van der Waals surface area contributed by atoms with Gasteiger partial charge >= 0.3 is 0 Å². The maximum atomic E-state index is 4.49. The molecule has 1 aliphatic heterocycles. The van der Waals surface area contributed by atoms with Gasteiger partial charge in [-0.3, -0.25) is 4.99 Å². The van der Waals surface area contributed by atoms with Crippen LogP contribution in [0.3, 0.4) is 0 Å². The van der Waals surface area contributed by atoms with E-state index in [-0.39, 0.29) is 0 Å². The second kappa shape index (κ2) is 6.33. The first-order valence-corrected chi connectivity index (χ1v) is 6.70. The molecular weight excluding hydrogens is 192 g/mol. The Morgan fingerprint density at radius 3 is 2.64 bits per heavy atom. The van der Waals surface area contributed by atoms with E-state index in [0.29, 0.717) is 6.04 Å². The lowest BCUT2D eigenvalue weighted by Gasteiger charge is -2.25. The normalized spacial score (nSPS) is 19.3. The molecule has 0 fully saturated rings. The molecule has 1 atom stereocenters. The number of rotatable bonds is 4. The molecule has 0 aliphatic carbocycles. The van der Waals surface area contributed by atoms with E-state index in [1.165, 1.54) is 25.0 Å². The van der Waals surface area contributed by atoms with Crippen molar-refractivity contribution in [1.29, 1.82) is 0 Å². The molecule has 1 aliphatic rings. The van der Waals surface area contributed by atoms with Crippen molar-refractivity contribution in [3.63, 3.8) is 0 Å². The number of aliphatic imine (C=N–C) groups is 1. The number of nitrogens with zero attached hydrogens (tertiary/aromatic N) is 1. The van der Waals surface area contributed by atoms with Crippen LogP contribution in [0.2, 0.25) is 0 Å². The van der Waals surface area contributed by atoms with Gasteiger partial charge in [0.15, 0.2) is 5.17 Å². The van der Waals surface area contributed by atoms with Crippen molar-refractivity contribution < 1.29 is 0 Å². The number of hydrogen-bond donors (Lipinski definition) is 1. The average molecular weight is 214 g/mol. The summed E-state index contributed by atoms with van der Waals surface area (Å²) in [4.78, 5) is 4.49. The molecule has 0 radical (unpaired) electrons. The van der Waals surface area contributed by atoms with Gasteiger partial charge in [-0.25, -0.2) is 0 Å². The van der Waals surface area contributed by atoms with E-state index in [9.17, 15) is 0 Å². The van der Waals surface area contributed by atoms with Crippen LogP contribution in [0, 0.1) is 5.92 Å². The predicted molar refractivity (Wildman–Crippen MR) is 66.0 cm³/mol. The quantitative estimate of drug-likeness (QED) is 0.778. The van der Waals surface area contributed by atoms with Gasteiger partial charge in [0.2, 0.25) is 0 Å². The molecule has 1 N–H and O–H groups in total. The highest BCUT2D eigenvalue weighted by atomic mass is 32.2. The van der Waals surface area contributed by atoms with Gasteiger partial charge in [-0.15, -0.1) is 0 Å². The van der Waals surface area contributed by atoms with Crippen LogP contribution in [0.15, 0.2) is 4.99 Å². The first kappa shape index (κ1) is 11.9. The molecule has 0 spiro atoms. The minimum atomic E-state index is 0.564. The Morgan fingerprint density at radius 2 is 2.14 bits per heavy atom. The molecule has 3 heteroatoms. The van der Waals surface area contributed by atoms with Gasteiger partial charge < -0.3 is 5.32 Å². The fourth-order valence-corrected chi connectivity index (χ4v) is 2.77. The van der Waals surface area contributed by atoms with Crippen LogP contribution in [-0.4, -0.2) is 23.5 Å². The number of amidine groups is 1. The van der Waals surface area contributed by atoms with Crippen molar-refractivity contribution in [3.05, 3.63) is 0 Å². The molecule has 0 aromatic carbocycles. The van der Waals surface area contributed by atoms with Crippen LogP contribution < -0.4 is 5.32 Å². The number of hydrogen-bond acceptors (Lipinski definition) is 3. The SMILES string of the molecule is CCC(CC)C(C)NC1=NCCCS1. The summed E-state index contributed by atoms with van der Waals surface area (Å²) in [5, 5.41) is 4.70. The maximum absolute atomic E-state index is 4.49. The Hall–Kier alpha value is -0.180. The lowest BCUT2D eigenvalue weighted by atomic mass is 9.96. The summed E-state index contributed by atoms with van der Waals surface area (Å²) >= 11 is 1.87. The number of thioether (sulfide) groups is 1. The van der Waals surface area contributed by atoms with Crippen LogP contribution in [0.4, 0.5) is 0 Å². The van der Waals surface area contributed by atoms with Gasteiger partial charge in [0.25, 0.3) is 0 Å². The Morgan fingerprint density at radius 1 is 1.43 bits per heavy atom. The summed E-state index contributed by atoms with van der Waals surface area (Å²) in [5.41, 5.74) is 0. The summed E-state index contributed by atoms with van der Waals surface area (Å²) in [5.74, 6) is 2.00. The van der Waals surface area contributed by atoms with E-state index in [0.717, 1.165) is 17.6 Å². The van der Waals surface area contributed by atoms with Crippen LogP contribution in [-0.2, 0) is 0 Å². The standard InChI is InChI=1S/C11H22N2S/c1-4-10(5-2)9(3)13-11-12-7-6-8-14-11/h9-10H,4-8H2,1-3H3,(H,12,13). The molecule has 0 saturated carbocycles. The molecule has 0 amide bonds. The lowest BCUT2D eigenvalue weighted by molar-refractivity contribution is 0.392. The summed E-state index contributed by atoms with van der Waals surface area (Å²) < 4.78 is 0. The van der Waals surface area contributed by atoms with Crippen LogP contribution in [0.1, 0.15) is 40.0 Å². The molecule has 1 unspecified atom stereocenters. The minimum absolute atomic E-state index is 0.564. The Kier molecular flexibility index (Phi) is 5.38. The van der Waals surface area contributed by atoms with E-state index in [4.69, 9.17) is 0 Å².